The zero-order chi connectivity index (χ0) is 14.9. The van der Waals surface area contributed by atoms with E-state index in [2.05, 4.69) is 4.98 Å². The molecular formula is C15H14F3NOS. The van der Waals surface area contributed by atoms with Gasteiger partial charge in [-0.05, 0) is 18.4 Å². The predicted molar refractivity (Wildman–Crippen MR) is 74.1 cm³/mol. The Labute approximate surface area is 124 Å². The third kappa shape index (κ3) is 3.44. The van der Waals surface area contributed by atoms with Gasteiger partial charge in [0.25, 0.3) is 0 Å². The summed E-state index contributed by atoms with van der Waals surface area (Å²) in [6, 6.07) is 9.84. The van der Waals surface area contributed by atoms with Crippen molar-refractivity contribution in [2.45, 2.75) is 37.6 Å². The molecule has 1 aliphatic carbocycles. The first kappa shape index (κ1) is 14.5. The monoisotopic (exact) mass is 313 g/mol. The van der Waals surface area contributed by atoms with Crippen LogP contribution < -0.4 is 0 Å². The van der Waals surface area contributed by atoms with Crippen molar-refractivity contribution in [3.05, 3.63) is 52.0 Å². The molecule has 6 heteroatoms. The first-order valence-corrected chi connectivity index (χ1v) is 7.58. The largest absolute Gasteiger partial charge is 0.434 e. The molecule has 2 aromatic rings. The summed E-state index contributed by atoms with van der Waals surface area (Å²) in [6.07, 6.45) is -2.73. The highest BCUT2D eigenvalue weighted by atomic mass is 32.1. The number of ether oxygens (including phenoxy) is 1. The van der Waals surface area contributed by atoms with Gasteiger partial charge in [0.1, 0.15) is 0 Å². The van der Waals surface area contributed by atoms with Crippen LogP contribution in [0.1, 0.15) is 35.0 Å². The number of alkyl halides is 3. The number of hydrogen-bond donors (Lipinski definition) is 0. The number of halogens is 3. The minimum atomic E-state index is -4.35. The lowest BCUT2D eigenvalue weighted by Gasteiger charge is -2.33. The molecular weight excluding hydrogens is 299 g/mol. The highest BCUT2D eigenvalue weighted by Gasteiger charge is 2.37. The maximum absolute atomic E-state index is 12.5. The molecule has 0 aliphatic heterocycles. The van der Waals surface area contributed by atoms with E-state index >= 15 is 0 Å². The molecule has 1 fully saturated rings. The number of benzene rings is 1. The summed E-state index contributed by atoms with van der Waals surface area (Å²) in [5, 5.41) is 1.66. The molecule has 0 bridgehead atoms. The Morgan fingerprint density at radius 2 is 1.90 bits per heavy atom. The van der Waals surface area contributed by atoms with Gasteiger partial charge in [-0.1, -0.05) is 30.3 Å². The zero-order valence-electron chi connectivity index (χ0n) is 11.1. The van der Waals surface area contributed by atoms with Gasteiger partial charge in [-0.15, -0.1) is 11.3 Å². The molecule has 3 rings (SSSR count). The van der Waals surface area contributed by atoms with E-state index in [0.29, 0.717) is 11.6 Å². The third-order valence-electron chi connectivity index (χ3n) is 3.58. The average Bonchev–Trinajstić information content (AvgIpc) is 2.87. The smallest absolute Gasteiger partial charge is 0.373 e. The summed E-state index contributed by atoms with van der Waals surface area (Å²) >= 11 is 1.09. The molecule has 2 nitrogen and oxygen atoms in total. The van der Waals surface area contributed by atoms with Crippen molar-refractivity contribution >= 4 is 11.3 Å². The third-order valence-corrected chi connectivity index (χ3v) is 4.59. The molecule has 0 N–H and O–H groups in total. The summed E-state index contributed by atoms with van der Waals surface area (Å²) in [7, 11) is 0. The molecule has 0 atom stereocenters. The number of hydrogen-bond acceptors (Lipinski definition) is 3. The maximum atomic E-state index is 12.5. The molecule has 0 amide bonds. The first-order valence-electron chi connectivity index (χ1n) is 6.70. The Balaban J connectivity index is 1.48. The fraction of sp³-hybridized carbons (Fsp3) is 0.400. The van der Waals surface area contributed by atoms with Crippen molar-refractivity contribution in [3.63, 3.8) is 0 Å². The lowest BCUT2D eigenvalue weighted by molar-refractivity contribution is -0.140. The molecule has 0 spiro atoms. The fourth-order valence-corrected chi connectivity index (χ4v) is 3.25. The Kier molecular flexibility index (Phi) is 3.99. The minimum Gasteiger partial charge on any atom is -0.373 e. The quantitative estimate of drug-likeness (QED) is 0.821. The summed E-state index contributed by atoms with van der Waals surface area (Å²) < 4.78 is 43.2. The normalized spacial score (nSPS) is 22.0. The van der Waals surface area contributed by atoms with Crippen LogP contribution >= 0.6 is 11.3 Å². The van der Waals surface area contributed by atoms with Gasteiger partial charge in [0.15, 0.2) is 5.69 Å². The summed E-state index contributed by atoms with van der Waals surface area (Å²) in [5.41, 5.74) is 0.325. The Bertz CT molecular complexity index is 590. The lowest BCUT2D eigenvalue weighted by atomic mass is 9.83. The van der Waals surface area contributed by atoms with Gasteiger partial charge in [0.05, 0.1) is 17.7 Å². The van der Waals surface area contributed by atoms with E-state index in [1.54, 1.807) is 0 Å². The Morgan fingerprint density at radius 3 is 2.52 bits per heavy atom. The molecule has 0 saturated heterocycles. The van der Waals surface area contributed by atoms with E-state index in [1.165, 1.54) is 0 Å². The van der Waals surface area contributed by atoms with Gasteiger partial charge in [0, 0.05) is 11.3 Å². The van der Waals surface area contributed by atoms with Gasteiger partial charge in [-0.3, -0.25) is 0 Å². The van der Waals surface area contributed by atoms with Crippen LogP contribution in [0.3, 0.4) is 0 Å². The van der Waals surface area contributed by atoms with Crippen LogP contribution in [0.15, 0.2) is 35.7 Å². The molecule has 112 valence electrons. The number of aromatic nitrogens is 1. The van der Waals surface area contributed by atoms with Crippen molar-refractivity contribution in [3.8, 4) is 0 Å². The second-order valence-electron chi connectivity index (χ2n) is 5.16. The Hall–Kier alpha value is -1.40. The van der Waals surface area contributed by atoms with E-state index in [9.17, 15) is 13.2 Å². The molecule has 1 heterocycles. The van der Waals surface area contributed by atoms with Crippen molar-refractivity contribution in [1.82, 2.24) is 4.98 Å². The van der Waals surface area contributed by atoms with E-state index in [-0.39, 0.29) is 12.0 Å². The highest BCUT2D eigenvalue weighted by molar-refractivity contribution is 7.09. The average molecular weight is 313 g/mol. The lowest BCUT2D eigenvalue weighted by Crippen LogP contribution is -2.29. The molecule has 21 heavy (non-hydrogen) atoms. The van der Waals surface area contributed by atoms with E-state index in [4.69, 9.17) is 4.74 Å². The molecule has 0 unspecified atom stereocenters. The van der Waals surface area contributed by atoms with Crippen LogP contribution in [-0.4, -0.2) is 11.1 Å². The number of thiazole rings is 1. The summed E-state index contributed by atoms with van der Waals surface area (Å²) in [6.45, 7) is 0.546. The van der Waals surface area contributed by atoms with Crippen molar-refractivity contribution in [2.24, 2.45) is 0 Å². The van der Waals surface area contributed by atoms with Gasteiger partial charge in [-0.25, -0.2) is 4.98 Å². The minimum absolute atomic E-state index is 0.104. The standard InChI is InChI=1S/C15H14F3NOS/c16-15(17,18)13-9-21-14(19-13)11-6-12(7-11)20-8-10-4-2-1-3-5-10/h1-5,9,11-12H,6-8H2. The van der Waals surface area contributed by atoms with E-state index in [1.807, 2.05) is 30.3 Å². The first-order chi connectivity index (χ1) is 10.0. The van der Waals surface area contributed by atoms with Crippen molar-refractivity contribution in [1.29, 1.82) is 0 Å². The maximum Gasteiger partial charge on any atom is 0.434 e. The summed E-state index contributed by atoms with van der Waals surface area (Å²) in [5.74, 6) is 0.104. The van der Waals surface area contributed by atoms with Crippen LogP contribution in [-0.2, 0) is 17.5 Å². The second-order valence-corrected chi connectivity index (χ2v) is 6.05. The van der Waals surface area contributed by atoms with Crippen LogP contribution in [0.2, 0.25) is 0 Å². The fourth-order valence-electron chi connectivity index (χ4n) is 2.30. The summed E-state index contributed by atoms with van der Waals surface area (Å²) in [4.78, 5) is 3.69. The van der Waals surface area contributed by atoms with E-state index in [0.717, 1.165) is 35.1 Å². The number of nitrogens with zero attached hydrogens (tertiary/aromatic N) is 1. The molecule has 1 aromatic carbocycles. The molecule has 0 radical (unpaired) electrons. The van der Waals surface area contributed by atoms with E-state index < -0.39 is 11.9 Å². The van der Waals surface area contributed by atoms with Crippen LogP contribution in [0.4, 0.5) is 13.2 Å². The molecule has 1 aromatic heterocycles. The molecule has 1 aliphatic rings. The van der Waals surface area contributed by atoms with Gasteiger partial charge in [0.2, 0.25) is 0 Å². The van der Waals surface area contributed by atoms with Crippen LogP contribution in [0, 0.1) is 0 Å². The predicted octanol–water partition coefficient (Wildman–Crippen LogP) is 4.62. The topological polar surface area (TPSA) is 22.1 Å². The zero-order valence-corrected chi connectivity index (χ0v) is 12.0. The second kappa shape index (κ2) is 5.77. The van der Waals surface area contributed by atoms with Crippen LogP contribution in [0.5, 0.6) is 0 Å². The Morgan fingerprint density at radius 1 is 1.19 bits per heavy atom. The number of rotatable bonds is 4. The van der Waals surface area contributed by atoms with Gasteiger partial charge < -0.3 is 4.74 Å². The van der Waals surface area contributed by atoms with Gasteiger partial charge >= 0.3 is 6.18 Å². The van der Waals surface area contributed by atoms with Crippen molar-refractivity contribution < 1.29 is 17.9 Å². The molecule has 1 saturated carbocycles. The van der Waals surface area contributed by atoms with Crippen LogP contribution in [0.25, 0.3) is 0 Å². The SMILES string of the molecule is FC(F)(F)c1csc(C2CC(OCc3ccccc3)C2)n1. The highest BCUT2D eigenvalue weighted by Crippen LogP contribution is 2.42. The van der Waals surface area contributed by atoms with Gasteiger partial charge in [-0.2, -0.15) is 13.2 Å². The van der Waals surface area contributed by atoms with Crippen molar-refractivity contribution in [2.75, 3.05) is 0 Å².